The molecule has 2 fully saturated rings. The first-order valence-electron chi connectivity index (χ1n) is 7.00. The number of rotatable bonds is 3. The molecule has 0 aliphatic carbocycles. The van der Waals surface area contributed by atoms with Crippen molar-refractivity contribution in [1.29, 1.82) is 0 Å². The minimum absolute atomic E-state index is 0.0402. The van der Waals surface area contributed by atoms with E-state index in [9.17, 15) is 4.79 Å². The van der Waals surface area contributed by atoms with Gasteiger partial charge in [0.2, 0.25) is 0 Å². The van der Waals surface area contributed by atoms with Crippen LogP contribution in [0.2, 0.25) is 0 Å². The SMILES string of the molecule is O=C(NCC1CC2CCC(C1)N2)c1ccc(Br)cc1. The van der Waals surface area contributed by atoms with Crippen molar-refractivity contribution in [1.82, 2.24) is 10.6 Å². The van der Waals surface area contributed by atoms with Gasteiger partial charge in [0, 0.05) is 28.7 Å². The van der Waals surface area contributed by atoms with Crippen molar-refractivity contribution in [3.05, 3.63) is 34.3 Å². The third kappa shape index (κ3) is 3.18. The highest BCUT2D eigenvalue weighted by Gasteiger charge is 2.33. The molecule has 2 aliphatic heterocycles. The van der Waals surface area contributed by atoms with E-state index in [1.54, 1.807) is 0 Å². The number of carbonyl (C=O) groups excluding carboxylic acids is 1. The number of halogens is 1. The molecule has 4 heteroatoms. The van der Waals surface area contributed by atoms with Crippen molar-refractivity contribution in [2.45, 2.75) is 37.8 Å². The van der Waals surface area contributed by atoms with Crippen LogP contribution >= 0.6 is 15.9 Å². The maximum absolute atomic E-state index is 12.0. The molecule has 0 radical (unpaired) electrons. The quantitative estimate of drug-likeness (QED) is 0.898. The highest BCUT2D eigenvalue weighted by atomic mass is 79.9. The smallest absolute Gasteiger partial charge is 0.251 e. The fraction of sp³-hybridized carbons (Fsp3) is 0.533. The van der Waals surface area contributed by atoms with E-state index in [-0.39, 0.29) is 5.91 Å². The zero-order valence-corrected chi connectivity index (χ0v) is 12.4. The number of fused-ring (bicyclic) bond motifs is 2. The monoisotopic (exact) mass is 322 g/mol. The second kappa shape index (κ2) is 5.63. The van der Waals surface area contributed by atoms with E-state index < -0.39 is 0 Å². The molecule has 2 N–H and O–H groups in total. The van der Waals surface area contributed by atoms with Crippen molar-refractivity contribution < 1.29 is 4.79 Å². The zero-order valence-electron chi connectivity index (χ0n) is 10.9. The van der Waals surface area contributed by atoms with E-state index in [0.29, 0.717) is 18.0 Å². The predicted molar refractivity (Wildman–Crippen MR) is 79.1 cm³/mol. The molecular formula is C15H19BrN2O. The summed E-state index contributed by atoms with van der Waals surface area (Å²) >= 11 is 3.38. The topological polar surface area (TPSA) is 41.1 Å². The fourth-order valence-electron chi connectivity index (χ4n) is 3.28. The molecule has 2 bridgehead atoms. The summed E-state index contributed by atoms with van der Waals surface area (Å²) in [5, 5.41) is 6.70. The first-order valence-corrected chi connectivity index (χ1v) is 7.80. The van der Waals surface area contributed by atoms with E-state index >= 15 is 0 Å². The van der Waals surface area contributed by atoms with Crippen LogP contribution in [0, 0.1) is 5.92 Å². The largest absolute Gasteiger partial charge is 0.352 e. The summed E-state index contributed by atoms with van der Waals surface area (Å²) in [5.41, 5.74) is 0.736. The number of piperidine rings is 1. The third-order valence-corrected chi connectivity index (χ3v) is 4.76. The first kappa shape index (κ1) is 13.1. The van der Waals surface area contributed by atoms with Crippen LogP contribution in [0.4, 0.5) is 0 Å². The van der Waals surface area contributed by atoms with Crippen molar-refractivity contribution in [2.75, 3.05) is 6.54 Å². The Morgan fingerprint density at radius 2 is 1.84 bits per heavy atom. The minimum Gasteiger partial charge on any atom is -0.352 e. The number of nitrogens with one attached hydrogen (secondary N) is 2. The standard InChI is InChI=1S/C15H19BrN2O/c16-12-3-1-11(2-4-12)15(19)17-9-10-7-13-5-6-14(8-10)18-13/h1-4,10,13-14,18H,5-9H2,(H,17,19). The Labute approximate surface area is 122 Å². The molecule has 2 aliphatic rings. The minimum atomic E-state index is 0.0402. The van der Waals surface area contributed by atoms with E-state index in [2.05, 4.69) is 26.6 Å². The Morgan fingerprint density at radius 3 is 2.47 bits per heavy atom. The van der Waals surface area contributed by atoms with Gasteiger partial charge >= 0.3 is 0 Å². The Morgan fingerprint density at radius 1 is 1.21 bits per heavy atom. The normalized spacial score (nSPS) is 29.2. The fourth-order valence-corrected chi connectivity index (χ4v) is 3.55. The van der Waals surface area contributed by atoms with Gasteiger partial charge in [-0.3, -0.25) is 4.79 Å². The average molecular weight is 323 g/mol. The molecule has 0 saturated carbocycles. The van der Waals surface area contributed by atoms with Crippen LogP contribution in [-0.2, 0) is 0 Å². The van der Waals surface area contributed by atoms with E-state index in [1.165, 1.54) is 25.7 Å². The third-order valence-electron chi connectivity index (χ3n) is 4.23. The van der Waals surface area contributed by atoms with Crippen LogP contribution in [-0.4, -0.2) is 24.5 Å². The molecule has 102 valence electrons. The number of amides is 1. The Balaban J connectivity index is 1.52. The lowest BCUT2D eigenvalue weighted by Crippen LogP contribution is -2.42. The van der Waals surface area contributed by atoms with Crippen molar-refractivity contribution in [3.63, 3.8) is 0 Å². The van der Waals surface area contributed by atoms with Crippen molar-refractivity contribution in [3.8, 4) is 0 Å². The predicted octanol–water partition coefficient (Wildman–Crippen LogP) is 2.71. The Hall–Kier alpha value is -0.870. The van der Waals surface area contributed by atoms with E-state index in [0.717, 1.165) is 16.6 Å². The summed E-state index contributed by atoms with van der Waals surface area (Å²) < 4.78 is 0.999. The van der Waals surface area contributed by atoms with Crippen molar-refractivity contribution in [2.24, 2.45) is 5.92 Å². The molecule has 0 spiro atoms. The summed E-state index contributed by atoms with van der Waals surface area (Å²) in [4.78, 5) is 12.0. The molecule has 2 atom stereocenters. The van der Waals surface area contributed by atoms with Gasteiger partial charge in [0.05, 0.1) is 0 Å². The van der Waals surface area contributed by atoms with Gasteiger partial charge in [0.15, 0.2) is 0 Å². The molecular weight excluding hydrogens is 304 g/mol. The van der Waals surface area contributed by atoms with Crippen LogP contribution in [0.5, 0.6) is 0 Å². The van der Waals surface area contributed by atoms with E-state index in [4.69, 9.17) is 0 Å². The van der Waals surface area contributed by atoms with Gasteiger partial charge in [-0.05, 0) is 55.9 Å². The molecule has 2 unspecified atom stereocenters. The van der Waals surface area contributed by atoms with Gasteiger partial charge in [-0.2, -0.15) is 0 Å². The number of hydrogen-bond acceptors (Lipinski definition) is 2. The molecule has 2 heterocycles. The van der Waals surface area contributed by atoms with Gasteiger partial charge in [-0.25, -0.2) is 0 Å². The van der Waals surface area contributed by atoms with Gasteiger partial charge in [-0.1, -0.05) is 15.9 Å². The number of benzene rings is 1. The highest BCUT2D eigenvalue weighted by Crippen LogP contribution is 2.30. The Kier molecular flexibility index (Phi) is 3.89. The van der Waals surface area contributed by atoms with E-state index in [1.807, 2.05) is 24.3 Å². The highest BCUT2D eigenvalue weighted by molar-refractivity contribution is 9.10. The van der Waals surface area contributed by atoms with Gasteiger partial charge in [0.1, 0.15) is 0 Å². The second-order valence-electron chi connectivity index (χ2n) is 5.69. The molecule has 3 rings (SSSR count). The van der Waals surface area contributed by atoms with Crippen LogP contribution in [0.15, 0.2) is 28.7 Å². The molecule has 19 heavy (non-hydrogen) atoms. The lowest BCUT2D eigenvalue weighted by atomic mass is 9.92. The van der Waals surface area contributed by atoms with Gasteiger partial charge in [0.25, 0.3) is 5.91 Å². The van der Waals surface area contributed by atoms with Crippen LogP contribution in [0.1, 0.15) is 36.0 Å². The molecule has 3 nitrogen and oxygen atoms in total. The number of hydrogen-bond donors (Lipinski definition) is 2. The summed E-state index contributed by atoms with van der Waals surface area (Å²) in [6.07, 6.45) is 5.03. The van der Waals surface area contributed by atoms with Gasteiger partial charge < -0.3 is 10.6 Å². The number of carbonyl (C=O) groups is 1. The second-order valence-corrected chi connectivity index (χ2v) is 6.61. The molecule has 1 aromatic carbocycles. The van der Waals surface area contributed by atoms with Gasteiger partial charge in [-0.15, -0.1) is 0 Å². The van der Waals surface area contributed by atoms with Crippen LogP contribution in [0.25, 0.3) is 0 Å². The average Bonchev–Trinajstić information content (AvgIpc) is 2.76. The lowest BCUT2D eigenvalue weighted by molar-refractivity contribution is 0.0941. The summed E-state index contributed by atoms with van der Waals surface area (Å²) in [5.74, 6) is 0.677. The summed E-state index contributed by atoms with van der Waals surface area (Å²) in [7, 11) is 0. The maximum atomic E-state index is 12.0. The zero-order chi connectivity index (χ0) is 13.2. The van der Waals surface area contributed by atoms with Crippen LogP contribution < -0.4 is 10.6 Å². The summed E-state index contributed by atoms with van der Waals surface area (Å²) in [6.45, 7) is 0.809. The van der Waals surface area contributed by atoms with Crippen LogP contribution in [0.3, 0.4) is 0 Å². The Bertz CT molecular complexity index is 448. The van der Waals surface area contributed by atoms with Crippen molar-refractivity contribution >= 4 is 21.8 Å². The maximum Gasteiger partial charge on any atom is 0.251 e. The summed E-state index contributed by atoms with van der Waals surface area (Å²) in [6, 6.07) is 8.89. The molecule has 0 aromatic heterocycles. The molecule has 1 aromatic rings. The first-order chi connectivity index (χ1) is 9.20. The molecule has 1 amide bonds. The lowest BCUT2D eigenvalue weighted by Gasteiger charge is -2.29. The molecule has 2 saturated heterocycles.